The predicted octanol–water partition coefficient (Wildman–Crippen LogP) is 14.1. The Kier molecular flexibility index (Phi) is 62.5. The van der Waals surface area contributed by atoms with Gasteiger partial charge in [0, 0.05) is 93.2 Å². The Morgan fingerprint density at radius 2 is 0.615 bits per heavy atom. The maximum Gasteiger partial charge on any atom is 0 e. The van der Waals surface area contributed by atoms with Crippen molar-refractivity contribution in [2.75, 3.05) is 63.3 Å². The Hall–Kier alpha value is 1.52. The molecule has 0 heterocycles. The van der Waals surface area contributed by atoms with E-state index in [0.717, 1.165) is 116 Å². The van der Waals surface area contributed by atoms with E-state index < -0.39 is 28.7 Å². The predicted molar refractivity (Wildman–Crippen MR) is 406 cm³/mol. The maximum absolute atomic E-state index is 12.3. The molecule has 0 aromatic rings. The van der Waals surface area contributed by atoms with E-state index in [4.69, 9.17) is 19.3 Å². The second-order valence-electron chi connectivity index (χ2n) is 23.7. The molecule has 532 valence electrons. The van der Waals surface area contributed by atoms with Crippen LogP contribution in [0.4, 0.5) is 0 Å². The number of halogens is 7. The van der Waals surface area contributed by atoms with E-state index >= 15 is 0 Å². The first-order chi connectivity index (χ1) is 41.8. The fraction of sp³-hybridized carbons (Fsp3) is 0.833. The number of hydrogen-bond donors (Lipinski definition) is 7. The minimum absolute atomic E-state index is 0. The fourth-order valence-corrected chi connectivity index (χ4v) is 13.2. The molecule has 0 aliphatic heterocycles. The molecule has 5 aliphatic rings. The van der Waals surface area contributed by atoms with Crippen LogP contribution in [-0.2, 0) is 99.8 Å². The van der Waals surface area contributed by atoms with Crippen LogP contribution in [-0.4, -0.2) is 133 Å². The number of methoxy groups -OCH3 is 4. The van der Waals surface area contributed by atoms with Gasteiger partial charge in [0.25, 0.3) is 0 Å². The summed E-state index contributed by atoms with van der Waals surface area (Å²) in [6, 6.07) is 0. The van der Waals surface area contributed by atoms with E-state index in [-0.39, 0.29) is 118 Å². The van der Waals surface area contributed by atoms with Crippen molar-refractivity contribution < 1.29 is 110 Å². The second-order valence-corrected chi connectivity index (χ2v) is 70.9. The van der Waals surface area contributed by atoms with Crippen LogP contribution in [0.1, 0.15) is 203 Å². The van der Waals surface area contributed by atoms with Crippen LogP contribution in [0.3, 0.4) is 0 Å². The number of hydrogen-bond acceptors (Lipinski definition) is 15. The zero-order valence-electron chi connectivity index (χ0n) is 54.9. The monoisotopic (exact) mass is 2190 g/mol. The third-order valence-electron chi connectivity index (χ3n) is 17.6. The van der Waals surface area contributed by atoms with Crippen LogP contribution in [0, 0.1) is 56.7 Å². The largest absolute Gasteiger partial charge is 0 e. The Balaban J connectivity index is -0.000000326. The molecular weight excluding hydrogens is 2090 g/mol. The standard InChI is InChI=1S/C13H24N2O3.2C12H21NO3.C11H19NO3.C11H18O4.CH4.I2.5HI.3V/c1-10(11(16)18-3)8-13(6-4-5-7-13)12(17)15-9-14-2;2*1-9(10(14)16-3)8-12(11(15)13-2)6-4-5-7-12;1-8(9(13)14)7-11(10(15)12-2)5-3-4-6-11;1-8(9(12)15-2)7-11(10(13)14)5-3-4-6-11;;1-2;;;;;;;;/h10,14H,4-9H2,1-3H3,(H,15,17);2*9H,4-8H2,1-3H3,(H,13,15);8H,3-7H2,1-2H3,(H,12,15)(H,13,14);8H,3-7H2,1-2H3,(H,13,14);1H4;;5*1H;;;/q;;;;;;;;;;;;;+2;+3/p-5. The number of carbonyl (C=O) groups is 10. The van der Waals surface area contributed by atoms with Gasteiger partial charge < -0.3 is 55.7 Å². The molecule has 5 fully saturated rings. The molecule has 21 nitrogen and oxygen atoms in total. The molecule has 0 spiro atoms. The summed E-state index contributed by atoms with van der Waals surface area (Å²) in [6.45, 7) is 9.36. The van der Waals surface area contributed by atoms with Gasteiger partial charge in [0.15, 0.2) is 0 Å². The van der Waals surface area contributed by atoms with E-state index in [9.17, 15) is 53.1 Å². The summed E-state index contributed by atoms with van der Waals surface area (Å²) >= 11 is 16.4. The summed E-state index contributed by atoms with van der Waals surface area (Å²) < 4.78 is 18.8. The quantitative estimate of drug-likeness (QED) is 0.0229. The minimum Gasteiger partial charge on any atom is 0 e. The van der Waals surface area contributed by atoms with Crippen molar-refractivity contribution in [2.24, 2.45) is 56.7 Å². The first kappa shape index (κ1) is 101. The van der Waals surface area contributed by atoms with Crippen LogP contribution in [0.5, 0.6) is 0 Å². The van der Waals surface area contributed by atoms with Crippen molar-refractivity contribution in [3.8, 4) is 0 Å². The molecule has 4 amide bonds. The van der Waals surface area contributed by atoms with Gasteiger partial charge in [-0.25, -0.2) is 0 Å². The third kappa shape index (κ3) is 37.7. The molecule has 7 N–H and O–H groups in total. The molecule has 31 heteroatoms. The van der Waals surface area contributed by atoms with Crippen molar-refractivity contribution in [3.05, 3.63) is 0 Å². The van der Waals surface area contributed by atoms with Gasteiger partial charge in [0.05, 0.1) is 75.5 Å². The van der Waals surface area contributed by atoms with E-state index in [0.29, 0.717) is 61.1 Å². The molecule has 0 aromatic carbocycles. The average molecular weight is 2200 g/mol. The fourth-order valence-electron chi connectivity index (χ4n) is 13.2. The third-order valence-corrected chi connectivity index (χ3v) is 17.6. The molecule has 5 atom stereocenters. The molecule has 5 saturated carbocycles. The molecule has 0 saturated heterocycles. The number of amides is 4. The Bertz CT molecular complexity index is 2060. The summed E-state index contributed by atoms with van der Waals surface area (Å²) in [7, 11) is 12.9. The van der Waals surface area contributed by atoms with Crippen LogP contribution in [0.25, 0.3) is 0 Å². The van der Waals surface area contributed by atoms with Crippen LogP contribution >= 0.6 is 137 Å². The first-order valence-electron chi connectivity index (χ1n) is 30.1. The average Bonchev–Trinajstić information content (AvgIpc) is 3.75. The Labute approximate surface area is 646 Å². The van der Waals surface area contributed by atoms with Crippen LogP contribution in [0.15, 0.2) is 0 Å². The number of aliphatic carboxylic acids is 2. The molecule has 91 heavy (non-hydrogen) atoms. The van der Waals surface area contributed by atoms with Gasteiger partial charge in [0.2, 0.25) is 23.6 Å². The van der Waals surface area contributed by atoms with E-state index in [1.54, 1.807) is 42.0 Å². The second kappa shape index (κ2) is 56.2. The molecule has 1 radical (unpaired) electrons. The van der Waals surface area contributed by atoms with E-state index in [2.05, 4.69) is 168 Å². The van der Waals surface area contributed by atoms with Crippen molar-refractivity contribution in [1.82, 2.24) is 26.6 Å². The smallest absolute Gasteiger partial charge is 0 e. The van der Waals surface area contributed by atoms with Crippen LogP contribution < -0.4 is 26.6 Å². The van der Waals surface area contributed by atoms with Gasteiger partial charge in [-0.05, 0) is 103 Å². The molecule has 5 rings (SSSR count). The topological polar surface area (TPSA) is 308 Å². The zero-order valence-corrected chi connectivity index (χ0v) is 74.2. The number of rotatable bonds is 22. The minimum atomic E-state index is -0.815. The van der Waals surface area contributed by atoms with Crippen molar-refractivity contribution in [2.45, 2.75) is 203 Å². The Morgan fingerprint density at radius 1 is 0.429 bits per heavy atom. The van der Waals surface area contributed by atoms with Crippen molar-refractivity contribution in [3.63, 3.8) is 0 Å². The number of carboxylic acid groups (broad SMARTS) is 2. The zero-order chi connectivity index (χ0) is 69.2. The van der Waals surface area contributed by atoms with Gasteiger partial charge in [-0.15, -0.1) is 0 Å². The number of carboxylic acids is 2. The summed E-state index contributed by atoms with van der Waals surface area (Å²) in [6.07, 6.45) is 21.2. The molecule has 0 bridgehead atoms. The van der Waals surface area contributed by atoms with Gasteiger partial charge in [-0.1, -0.05) is 106 Å². The van der Waals surface area contributed by atoms with Gasteiger partial charge in [-0.2, -0.15) is 0 Å². The van der Waals surface area contributed by atoms with Gasteiger partial charge in [0.1, 0.15) is 0 Å². The summed E-state index contributed by atoms with van der Waals surface area (Å²) in [4.78, 5) is 115. The first-order valence-corrected chi connectivity index (χ1v) is 58.9. The summed E-state index contributed by atoms with van der Waals surface area (Å²) in [5.41, 5.74) is -2.19. The van der Waals surface area contributed by atoms with Crippen LogP contribution in [0.2, 0.25) is 0 Å². The summed E-state index contributed by atoms with van der Waals surface area (Å²) in [5.74, 6) is -3.80. The molecular formula is C60H107I7N5O16V3. The molecule has 5 aliphatic carbocycles. The van der Waals surface area contributed by atoms with Crippen molar-refractivity contribution in [1.29, 1.82) is 0 Å². The number of nitrogens with one attached hydrogen (secondary N) is 5. The normalized spacial score (nSPS) is 18.4. The SMILES string of the molecule is C.CNC(=O)C1(CC(C)C(=O)O)CCCC1.CNC(=O)C1(CC(C)C(=O)OC)CCCC1.CNC(=O)C1(CC(C)C(=O)OC)CCCC1.CNCNC(=O)C1(CC(C)C(=O)OC)CCCC1.COC(=O)C(C)CC1(C(=O)O)CCCC1.II.[I][V]([I])[I].[I][V][I].[V]. The maximum atomic E-state index is 12.3. The molecule has 5 unspecified atom stereocenters. The summed E-state index contributed by atoms with van der Waals surface area (Å²) in [5, 5.41) is 32.0. The number of carbonyl (C=O) groups excluding carboxylic acids is 8. The van der Waals surface area contributed by atoms with E-state index in [1.807, 2.05) is 20.8 Å². The van der Waals surface area contributed by atoms with Crippen molar-refractivity contribution >= 4 is 197 Å². The number of esters is 4. The van der Waals surface area contributed by atoms with Gasteiger partial charge in [-0.3, -0.25) is 47.9 Å². The molecule has 0 aromatic heterocycles. The Morgan fingerprint density at radius 3 is 0.791 bits per heavy atom. The number of ether oxygens (including phenoxy) is 4. The van der Waals surface area contributed by atoms with E-state index in [1.165, 1.54) is 28.4 Å². The van der Waals surface area contributed by atoms with Gasteiger partial charge >= 0.3 is 150 Å².